The number of nitrogens with one attached hydrogen (secondary N) is 1. The number of ether oxygens (including phenoxy) is 1. The van der Waals surface area contributed by atoms with Gasteiger partial charge in [0.2, 0.25) is 0 Å². The molecule has 3 heterocycles. The molecule has 0 bridgehead atoms. The van der Waals surface area contributed by atoms with Crippen molar-refractivity contribution in [3.63, 3.8) is 0 Å². The number of nitrogens with zero attached hydrogens (tertiary/aromatic N) is 6. The maximum Gasteiger partial charge on any atom is 0.407 e. The number of aromatic nitrogens is 2. The lowest BCUT2D eigenvalue weighted by Gasteiger charge is -2.35. The number of carboxylic acid groups (broad SMARTS) is 1. The van der Waals surface area contributed by atoms with Crippen molar-refractivity contribution in [2.24, 2.45) is 0 Å². The van der Waals surface area contributed by atoms with Gasteiger partial charge in [-0.3, -0.25) is 9.69 Å². The van der Waals surface area contributed by atoms with Gasteiger partial charge in [-0.15, -0.1) is 0 Å². The number of piperidine rings is 1. The summed E-state index contributed by atoms with van der Waals surface area (Å²) < 4.78 is 75.2. The van der Waals surface area contributed by atoms with Gasteiger partial charge in [-0.05, 0) is 31.0 Å². The number of nitriles is 1. The fourth-order valence-corrected chi connectivity index (χ4v) is 6.38. The molecule has 4 rings (SSSR count). The number of amides is 1. The van der Waals surface area contributed by atoms with Crippen molar-refractivity contribution < 1.29 is 36.2 Å². The Morgan fingerprint density at radius 3 is 2.63 bits per heavy atom. The van der Waals surface area contributed by atoms with E-state index < -0.39 is 52.0 Å². The van der Waals surface area contributed by atoms with Gasteiger partial charge in [0.25, 0.3) is 5.56 Å². The third-order valence-electron chi connectivity index (χ3n) is 6.78. The van der Waals surface area contributed by atoms with Crippen LogP contribution in [0.4, 0.5) is 29.3 Å². The van der Waals surface area contributed by atoms with Crippen LogP contribution in [0.3, 0.4) is 0 Å². The molecule has 0 aliphatic carbocycles. The summed E-state index contributed by atoms with van der Waals surface area (Å²) in [6, 6.07) is 3.01. The maximum atomic E-state index is 14.5. The predicted octanol–water partition coefficient (Wildman–Crippen LogP) is 2.31. The molecule has 0 spiro atoms. The molecule has 2 aliphatic heterocycles. The molecule has 2 aliphatic rings. The highest BCUT2D eigenvalue weighted by molar-refractivity contribution is 7.90. The van der Waals surface area contributed by atoms with E-state index in [-0.39, 0.29) is 72.8 Å². The Hall–Kier alpha value is -3.59. The minimum absolute atomic E-state index is 0.0230. The van der Waals surface area contributed by atoms with E-state index in [0.29, 0.717) is 6.07 Å². The molecule has 1 aromatic heterocycles. The summed E-state index contributed by atoms with van der Waals surface area (Å²) in [5.41, 5.74) is -1.58. The van der Waals surface area contributed by atoms with E-state index in [1.807, 2.05) is 0 Å². The molecule has 13 nitrogen and oxygen atoms in total. The van der Waals surface area contributed by atoms with Crippen LogP contribution in [0.1, 0.15) is 24.4 Å². The second-order valence-corrected chi connectivity index (χ2v) is 11.4. The third kappa shape index (κ3) is 6.35. The summed E-state index contributed by atoms with van der Waals surface area (Å²) >= 11 is 6.27. The highest BCUT2D eigenvalue weighted by atomic mass is 35.5. The topological polar surface area (TPSA) is 161 Å². The number of rotatable bonds is 8. The summed E-state index contributed by atoms with van der Waals surface area (Å²) in [6.07, 6.45) is 0.227. The third-order valence-corrected chi connectivity index (χ3v) is 9.02. The van der Waals surface area contributed by atoms with Crippen molar-refractivity contribution in [3.8, 4) is 6.07 Å². The first-order valence-electron chi connectivity index (χ1n) is 12.3. The quantitative estimate of drug-likeness (QED) is 0.422. The van der Waals surface area contributed by atoms with Gasteiger partial charge in [-0.1, -0.05) is 11.6 Å². The van der Waals surface area contributed by atoms with Crippen molar-refractivity contribution >= 4 is 39.3 Å². The fraction of sp³-hybridized carbons (Fsp3) is 0.478. The van der Waals surface area contributed by atoms with Crippen molar-refractivity contribution in [2.75, 3.05) is 49.0 Å². The molecule has 0 saturated carbocycles. The van der Waals surface area contributed by atoms with E-state index >= 15 is 0 Å². The molecule has 1 aromatic carbocycles. The molecule has 0 unspecified atom stereocenters. The van der Waals surface area contributed by atoms with E-state index in [1.54, 1.807) is 6.07 Å². The number of morpholine rings is 1. The molecule has 1 amide bonds. The average Bonchev–Trinajstić information content (AvgIpc) is 2.94. The van der Waals surface area contributed by atoms with E-state index in [1.165, 1.54) is 11.1 Å². The summed E-state index contributed by atoms with van der Waals surface area (Å²) in [5, 5.41) is 25.0. The highest BCUT2D eigenvalue weighted by Crippen LogP contribution is 2.31. The molecule has 2 fully saturated rings. The van der Waals surface area contributed by atoms with Crippen LogP contribution in [0, 0.1) is 17.1 Å². The molecular formula is C23H25ClF3N7O6S. The van der Waals surface area contributed by atoms with Gasteiger partial charge in [0, 0.05) is 26.2 Å². The first-order valence-corrected chi connectivity index (χ1v) is 14.1. The average molecular weight is 620 g/mol. The number of anilines is 2. The van der Waals surface area contributed by atoms with E-state index in [9.17, 15) is 36.3 Å². The van der Waals surface area contributed by atoms with Crippen molar-refractivity contribution in [1.82, 2.24) is 19.0 Å². The number of halogens is 4. The fourth-order valence-electron chi connectivity index (χ4n) is 4.66. The van der Waals surface area contributed by atoms with E-state index in [4.69, 9.17) is 21.6 Å². The summed E-state index contributed by atoms with van der Waals surface area (Å²) in [4.78, 5) is 25.6. The number of hydrogen-bond donors (Lipinski definition) is 2. The van der Waals surface area contributed by atoms with Crippen molar-refractivity contribution in [2.45, 2.75) is 31.5 Å². The summed E-state index contributed by atoms with van der Waals surface area (Å²) in [5.74, 6) is -1.30. The zero-order chi connectivity index (χ0) is 29.9. The van der Waals surface area contributed by atoms with Gasteiger partial charge in [0.1, 0.15) is 10.8 Å². The van der Waals surface area contributed by atoms with Crippen LogP contribution in [0.5, 0.6) is 0 Å². The van der Waals surface area contributed by atoms with Gasteiger partial charge in [-0.2, -0.15) is 36.2 Å². The van der Waals surface area contributed by atoms with Crippen LogP contribution >= 0.6 is 11.6 Å². The first-order chi connectivity index (χ1) is 19.4. The van der Waals surface area contributed by atoms with E-state index in [0.717, 1.165) is 21.1 Å². The minimum atomic E-state index is -4.88. The summed E-state index contributed by atoms with van der Waals surface area (Å²) in [6.45, 7) is -3.42. The van der Waals surface area contributed by atoms with Gasteiger partial charge in [-0.25, -0.2) is 13.9 Å². The van der Waals surface area contributed by atoms with Crippen LogP contribution in [-0.2, 0) is 14.9 Å². The van der Waals surface area contributed by atoms with Crippen LogP contribution in [-0.4, -0.2) is 90.6 Å². The van der Waals surface area contributed by atoms with Crippen LogP contribution in [0.25, 0.3) is 0 Å². The maximum absolute atomic E-state index is 14.5. The summed E-state index contributed by atoms with van der Waals surface area (Å²) in [7, 11) is -4.88. The normalized spacial score (nSPS) is 18.7. The van der Waals surface area contributed by atoms with Crippen LogP contribution in [0.15, 0.2) is 29.2 Å². The first kappa shape index (κ1) is 30.4. The second kappa shape index (κ2) is 12.5. The Morgan fingerprint density at radius 1 is 1.32 bits per heavy atom. The highest BCUT2D eigenvalue weighted by Gasteiger charge is 2.39. The largest absolute Gasteiger partial charge is 0.465 e. The predicted molar refractivity (Wildman–Crippen MR) is 140 cm³/mol. The van der Waals surface area contributed by atoms with Gasteiger partial charge < -0.3 is 15.2 Å². The SMILES string of the molecule is N#Cc1ccc(N(C(F)F)S(=O)(=O)N2CCC(n3ncc(NC[C@@H]4COCCN4C(=O)O)c(Cl)c3=O)CC2)c(F)c1. The molecule has 222 valence electrons. The number of alkyl halides is 2. The minimum Gasteiger partial charge on any atom is -0.465 e. The monoisotopic (exact) mass is 619 g/mol. The number of carbonyl (C=O) groups is 1. The Balaban J connectivity index is 1.45. The Morgan fingerprint density at radius 2 is 2.02 bits per heavy atom. The standard InChI is InChI=1S/C23H25ClF3N7O6S/c24-20-18(29-11-16-13-40-8-7-32(16)23(36)37)12-30-33(21(20)35)15-3-5-31(6-4-15)41(38,39)34(22(26)27)19-2-1-14(10-28)9-17(19)25/h1-2,9,12,15-16,22,29H,3-8,11,13H2,(H,36,37)/t16-/m1/s1. The molecule has 0 radical (unpaired) electrons. The van der Waals surface area contributed by atoms with Crippen LogP contribution in [0.2, 0.25) is 5.02 Å². The molecule has 1 atom stereocenters. The number of hydrogen-bond acceptors (Lipinski definition) is 8. The zero-order valence-corrected chi connectivity index (χ0v) is 22.9. The zero-order valence-electron chi connectivity index (χ0n) is 21.3. The molecule has 2 N–H and O–H groups in total. The van der Waals surface area contributed by atoms with Gasteiger partial charge >= 0.3 is 22.9 Å². The second-order valence-electron chi connectivity index (χ2n) is 9.20. The lowest BCUT2D eigenvalue weighted by molar-refractivity contribution is 0.00445. The molecular weight excluding hydrogens is 595 g/mol. The smallest absolute Gasteiger partial charge is 0.407 e. The van der Waals surface area contributed by atoms with Gasteiger partial charge in [0.05, 0.1) is 54.5 Å². The van der Waals surface area contributed by atoms with E-state index in [2.05, 4.69) is 10.4 Å². The van der Waals surface area contributed by atoms with Crippen molar-refractivity contribution in [3.05, 3.63) is 51.2 Å². The molecule has 2 saturated heterocycles. The Kier molecular flexibility index (Phi) is 9.27. The Bertz CT molecular complexity index is 1500. The van der Waals surface area contributed by atoms with Crippen LogP contribution < -0.4 is 15.2 Å². The number of benzene rings is 1. The lowest BCUT2D eigenvalue weighted by Crippen LogP contribution is -2.51. The molecule has 18 heteroatoms. The van der Waals surface area contributed by atoms with Crippen molar-refractivity contribution in [1.29, 1.82) is 5.26 Å². The molecule has 2 aromatic rings. The molecule has 41 heavy (non-hydrogen) atoms. The van der Waals surface area contributed by atoms with Gasteiger partial charge in [0.15, 0.2) is 0 Å². The Labute approximate surface area is 237 Å². The lowest BCUT2D eigenvalue weighted by atomic mass is 10.1.